The summed E-state index contributed by atoms with van der Waals surface area (Å²) in [6.07, 6.45) is 10.4. The van der Waals surface area contributed by atoms with Crippen LogP contribution in [0.3, 0.4) is 0 Å². The fourth-order valence-corrected chi connectivity index (χ4v) is 6.90. The van der Waals surface area contributed by atoms with Crippen LogP contribution in [0.1, 0.15) is 72.1 Å². The van der Waals surface area contributed by atoms with E-state index in [-0.39, 0.29) is 84.5 Å². The lowest BCUT2D eigenvalue weighted by Crippen LogP contribution is -2.32. The van der Waals surface area contributed by atoms with Gasteiger partial charge in [0.25, 0.3) is 29.5 Å². The Morgan fingerprint density at radius 3 is 1.62 bits per heavy atom. The molecule has 6 aromatic heterocycles. The molecule has 25 nitrogen and oxygen atoms in total. The summed E-state index contributed by atoms with van der Waals surface area (Å²) >= 11 is 0. The molecule has 0 saturated carbocycles. The van der Waals surface area contributed by atoms with Crippen LogP contribution in [0.4, 0.5) is 34.6 Å². The Morgan fingerprint density at radius 1 is 0.515 bits per heavy atom. The van der Waals surface area contributed by atoms with E-state index in [0.717, 1.165) is 13.0 Å². The molecule has 0 bridgehead atoms. The minimum absolute atomic E-state index is 0.0145. The number of carbonyl (C=O) groups excluding carboxylic acids is 7. The second-order valence-electron chi connectivity index (χ2n) is 16.2. The third-order valence-corrected chi connectivity index (χ3v) is 10.3. The van der Waals surface area contributed by atoms with Gasteiger partial charge in [0.05, 0.1) is 11.4 Å². The highest BCUT2D eigenvalue weighted by molar-refractivity contribution is 6.07. The minimum Gasteiger partial charge on any atom is -0.371 e. The molecule has 0 atom stereocenters. The van der Waals surface area contributed by atoms with Crippen molar-refractivity contribution in [2.45, 2.75) is 19.3 Å². The Labute approximate surface area is 390 Å². The topological polar surface area (TPSA) is 287 Å². The van der Waals surface area contributed by atoms with Crippen molar-refractivity contribution in [2.24, 2.45) is 42.3 Å². The van der Waals surface area contributed by atoms with Crippen LogP contribution in [-0.2, 0) is 51.9 Å². The molecule has 0 saturated heterocycles. The number of amides is 7. The van der Waals surface area contributed by atoms with Gasteiger partial charge in [-0.15, -0.1) is 0 Å². The van der Waals surface area contributed by atoms with E-state index in [1.165, 1.54) is 32.3 Å². The zero-order chi connectivity index (χ0) is 49.2. The molecule has 0 aliphatic rings. The Kier molecular flexibility index (Phi) is 15.6. The molecule has 0 radical (unpaired) electrons. The van der Waals surface area contributed by atoms with E-state index in [2.05, 4.69) is 57.5 Å². The van der Waals surface area contributed by atoms with Gasteiger partial charge in [-0.25, -0.2) is 15.0 Å². The fraction of sp³-hybridized carbons (Fsp3) is 0.349. The van der Waals surface area contributed by atoms with Crippen molar-refractivity contribution in [1.82, 2.24) is 57.9 Å². The molecule has 8 N–H and O–H groups in total. The maximum atomic E-state index is 13.2. The largest absolute Gasteiger partial charge is 0.371 e. The lowest BCUT2D eigenvalue weighted by Gasteiger charge is -2.10. The monoisotopic (exact) mass is 936 g/mol. The SMILES string of the molecule is CN(C)CCCNC(=O)CCNC(=O)c1nc(NC(=O)c2nc(NC(=O)c3nc(NC(=O)CCNc4cc(NC(=O)c5cc(NC(=O)c6cccn6C)cn5C)cn4C)cn3C)cn2C)cn1C. The number of aromatic nitrogens is 9. The van der Waals surface area contributed by atoms with Gasteiger partial charge < -0.3 is 74.8 Å². The molecule has 0 aromatic carbocycles. The summed E-state index contributed by atoms with van der Waals surface area (Å²) in [5, 5.41) is 22.2. The summed E-state index contributed by atoms with van der Waals surface area (Å²) in [4.78, 5) is 105. The van der Waals surface area contributed by atoms with Gasteiger partial charge in [0.1, 0.15) is 17.2 Å². The van der Waals surface area contributed by atoms with Gasteiger partial charge in [0, 0.05) is 118 Å². The van der Waals surface area contributed by atoms with Crippen LogP contribution < -0.4 is 42.5 Å². The molecule has 6 aromatic rings. The summed E-state index contributed by atoms with van der Waals surface area (Å²) in [7, 11) is 13.9. The molecule has 68 heavy (non-hydrogen) atoms. The average molecular weight is 937 g/mol. The molecule has 25 heteroatoms. The van der Waals surface area contributed by atoms with E-state index >= 15 is 0 Å². The Morgan fingerprint density at radius 2 is 1.04 bits per heavy atom. The van der Waals surface area contributed by atoms with Crippen molar-refractivity contribution in [2.75, 3.05) is 72.2 Å². The molecule has 0 unspecified atom stereocenters. The molecule has 7 amide bonds. The maximum absolute atomic E-state index is 13.2. The van der Waals surface area contributed by atoms with Crippen LogP contribution >= 0.6 is 0 Å². The number of hydrogen-bond donors (Lipinski definition) is 8. The van der Waals surface area contributed by atoms with E-state index in [1.54, 1.807) is 98.8 Å². The third kappa shape index (κ3) is 12.7. The number of nitrogens with one attached hydrogen (secondary N) is 8. The second kappa shape index (κ2) is 21.7. The first-order valence-electron chi connectivity index (χ1n) is 21.4. The van der Waals surface area contributed by atoms with Gasteiger partial charge in [-0.3, -0.25) is 33.6 Å². The lowest BCUT2D eigenvalue weighted by atomic mass is 10.3. The number of rotatable bonds is 21. The molecule has 0 aliphatic heterocycles. The van der Waals surface area contributed by atoms with Crippen molar-refractivity contribution < 1.29 is 33.6 Å². The van der Waals surface area contributed by atoms with Crippen LogP contribution in [0, 0.1) is 0 Å². The molecule has 6 rings (SSSR count). The number of aryl methyl sites for hydroxylation is 6. The van der Waals surface area contributed by atoms with Crippen molar-refractivity contribution in [3.8, 4) is 0 Å². The number of nitrogens with zero attached hydrogens (tertiary/aromatic N) is 10. The molecule has 6 heterocycles. The second-order valence-corrected chi connectivity index (χ2v) is 16.2. The lowest BCUT2D eigenvalue weighted by molar-refractivity contribution is -0.121. The summed E-state index contributed by atoms with van der Waals surface area (Å²) < 4.78 is 9.32. The van der Waals surface area contributed by atoms with Gasteiger partial charge >= 0.3 is 0 Å². The van der Waals surface area contributed by atoms with Crippen LogP contribution in [-0.4, -0.2) is 129 Å². The predicted molar refractivity (Wildman–Crippen MR) is 253 cm³/mol. The summed E-state index contributed by atoms with van der Waals surface area (Å²) in [6, 6.07) is 6.77. The average Bonchev–Trinajstić information content (AvgIpc) is 4.13. The van der Waals surface area contributed by atoms with Gasteiger partial charge in [-0.05, 0) is 45.3 Å². The van der Waals surface area contributed by atoms with Gasteiger partial charge in [0.2, 0.25) is 29.3 Å². The van der Waals surface area contributed by atoms with E-state index in [0.29, 0.717) is 35.1 Å². The summed E-state index contributed by atoms with van der Waals surface area (Å²) in [6.45, 7) is 1.71. The summed E-state index contributed by atoms with van der Waals surface area (Å²) in [5.74, 6) is -2.30. The number of hydrogen-bond acceptors (Lipinski definition) is 12. The smallest absolute Gasteiger partial charge is 0.292 e. The zero-order valence-electron chi connectivity index (χ0n) is 39.1. The fourth-order valence-electron chi connectivity index (χ4n) is 6.90. The number of carbonyl (C=O) groups is 7. The van der Waals surface area contributed by atoms with Gasteiger partial charge in [-0.1, -0.05) is 0 Å². The van der Waals surface area contributed by atoms with Crippen LogP contribution in [0.2, 0.25) is 0 Å². The minimum atomic E-state index is -0.662. The summed E-state index contributed by atoms with van der Waals surface area (Å²) in [5.41, 5.74) is 1.78. The number of imidazole rings is 3. The van der Waals surface area contributed by atoms with Crippen molar-refractivity contribution in [1.29, 1.82) is 0 Å². The number of anilines is 6. The van der Waals surface area contributed by atoms with Crippen molar-refractivity contribution in [3.63, 3.8) is 0 Å². The van der Waals surface area contributed by atoms with Gasteiger partial charge in [0.15, 0.2) is 17.5 Å². The molecular weight excluding hydrogens is 881 g/mol. The van der Waals surface area contributed by atoms with Gasteiger partial charge in [-0.2, -0.15) is 0 Å². The predicted octanol–water partition coefficient (Wildman–Crippen LogP) is 1.54. The highest BCUT2D eigenvalue weighted by Crippen LogP contribution is 2.21. The standard InChI is InChI=1S/C43H56N18O7/c1-55(2)17-10-14-45-34(62)12-16-46-41(66)36-51-31(24-59(36)6)53-43(68)38-52-32(25-61(38)8)54-42(67)37-50-30(23-60(37)7)49-35(63)13-15-44-33-20-27(22-58(33)5)48-40(65)29-19-26(21-57(29)4)47-39(64)28-11-9-18-56(28)3/h9,11,18-25,44H,10,12-17H2,1-8H3,(H,45,62)(H,46,66)(H,47,64)(H,48,65)(H,49,63)(H,53,68)(H,54,67). The molecular formula is C43H56N18O7. The van der Waals surface area contributed by atoms with E-state index < -0.39 is 17.7 Å². The maximum Gasteiger partial charge on any atom is 0.292 e. The van der Waals surface area contributed by atoms with Crippen LogP contribution in [0.5, 0.6) is 0 Å². The molecule has 0 fully saturated rings. The van der Waals surface area contributed by atoms with Crippen LogP contribution in [0.25, 0.3) is 0 Å². The first kappa shape index (κ1) is 49.0. The Hall–Kier alpha value is -8.48. The Balaban J connectivity index is 0.936. The molecule has 360 valence electrons. The highest BCUT2D eigenvalue weighted by atomic mass is 16.2. The third-order valence-electron chi connectivity index (χ3n) is 10.3. The quantitative estimate of drug-likeness (QED) is 0.0478. The van der Waals surface area contributed by atoms with Crippen LogP contribution in [0.15, 0.2) is 61.4 Å². The van der Waals surface area contributed by atoms with Crippen molar-refractivity contribution >= 4 is 76.0 Å². The molecule has 0 aliphatic carbocycles. The van der Waals surface area contributed by atoms with E-state index in [1.807, 2.05) is 19.0 Å². The normalized spacial score (nSPS) is 11.0. The highest BCUT2D eigenvalue weighted by Gasteiger charge is 2.22. The molecule has 0 spiro atoms. The van der Waals surface area contributed by atoms with E-state index in [4.69, 9.17) is 0 Å². The van der Waals surface area contributed by atoms with Crippen molar-refractivity contribution in [3.05, 3.63) is 90.3 Å². The Bertz CT molecular complexity index is 2840. The van der Waals surface area contributed by atoms with E-state index in [9.17, 15) is 33.6 Å². The first-order chi connectivity index (χ1) is 32.3. The first-order valence-corrected chi connectivity index (χ1v) is 21.4. The zero-order valence-corrected chi connectivity index (χ0v) is 39.1.